The van der Waals surface area contributed by atoms with Gasteiger partial charge in [-0.25, -0.2) is 0 Å². The van der Waals surface area contributed by atoms with Crippen molar-refractivity contribution in [3.8, 4) is 0 Å². The molecular weight excluding hydrogens is 74.1 g/mol. The smallest absolute Gasteiger partial charge is 0.0469 e. The molecule has 6 heavy (non-hydrogen) atoms. The van der Waals surface area contributed by atoms with Crippen LogP contribution in [-0.4, -0.2) is 12.8 Å². The van der Waals surface area contributed by atoms with Gasteiger partial charge in [-0.1, -0.05) is 6.92 Å². The fourth-order valence-electron chi connectivity index (χ4n) is 0.105. The number of aliphatic imine (C=N–C) groups is 1. The highest BCUT2D eigenvalue weighted by atomic mass is 14.7. The zero-order valence-electron chi connectivity index (χ0n) is 4.31. The predicted octanol–water partition coefficient (Wildman–Crippen LogP) is 1.36. The molecule has 0 heterocycles. The van der Waals surface area contributed by atoms with Crippen molar-refractivity contribution in [2.24, 2.45) is 4.99 Å². The van der Waals surface area contributed by atoms with Crippen LogP contribution in [-0.2, 0) is 0 Å². The van der Waals surface area contributed by atoms with Crippen LogP contribution in [0.4, 0.5) is 0 Å². The molecule has 1 nitrogen and oxygen atoms in total. The van der Waals surface area contributed by atoms with E-state index in [1.807, 2.05) is 6.92 Å². The van der Waals surface area contributed by atoms with Crippen LogP contribution >= 0.6 is 0 Å². The third kappa shape index (κ3) is 1.94. The zero-order valence-corrected chi connectivity index (χ0v) is 4.31. The van der Waals surface area contributed by atoms with Crippen LogP contribution in [0, 0.1) is 0 Å². The molecule has 1 radical (unpaired) electrons. The van der Waals surface area contributed by atoms with Gasteiger partial charge in [-0.05, 0) is 13.3 Å². The quantitative estimate of drug-likeness (QED) is 0.448. The molecule has 35 valence electrons. The second kappa shape index (κ2) is 2.88. The molecule has 1 heteroatoms. The van der Waals surface area contributed by atoms with Crippen LogP contribution in [0.3, 0.4) is 0 Å². The third-order valence-electron chi connectivity index (χ3n) is 0.845. The van der Waals surface area contributed by atoms with Gasteiger partial charge in [-0.15, -0.1) is 0 Å². The Morgan fingerprint density at radius 3 is 2.33 bits per heavy atom. The van der Waals surface area contributed by atoms with Crippen LogP contribution in [0.5, 0.6) is 0 Å². The predicted molar refractivity (Wildman–Crippen MR) is 28.2 cm³/mol. The van der Waals surface area contributed by atoms with Crippen molar-refractivity contribution >= 4 is 6.72 Å². The molecule has 0 saturated carbocycles. The van der Waals surface area contributed by atoms with Crippen molar-refractivity contribution in [3.63, 3.8) is 0 Å². The number of hydrogen-bond acceptors (Lipinski definition) is 1. The molecule has 0 N–H and O–H groups in total. The Kier molecular flexibility index (Phi) is 2.73. The highest BCUT2D eigenvalue weighted by Gasteiger charge is 1.85. The monoisotopic (exact) mass is 84.1 g/mol. The standard InChI is InChI=1S/C5H10N/c1-4-5(2)6-3/h3,5H,4H2,1-2H3. The number of hydrogen-bond donors (Lipinski definition) is 0. The van der Waals surface area contributed by atoms with E-state index in [0.29, 0.717) is 6.04 Å². The minimum absolute atomic E-state index is 0.338. The van der Waals surface area contributed by atoms with Gasteiger partial charge in [-0.3, -0.25) is 4.99 Å². The van der Waals surface area contributed by atoms with Gasteiger partial charge in [0, 0.05) is 12.8 Å². The Balaban J connectivity index is 2.96. The van der Waals surface area contributed by atoms with Crippen molar-refractivity contribution in [1.82, 2.24) is 0 Å². The molecule has 1 unspecified atom stereocenters. The van der Waals surface area contributed by atoms with Crippen molar-refractivity contribution in [3.05, 3.63) is 0 Å². The van der Waals surface area contributed by atoms with Gasteiger partial charge < -0.3 is 0 Å². The maximum Gasteiger partial charge on any atom is 0.0469 e. The maximum atomic E-state index is 4.91. The fourth-order valence-corrected chi connectivity index (χ4v) is 0.105. The van der Waals surface area contributed by atoms with Crippen LogP contribution in [0.15, 0.2) is 4.99 Å². The Morgan fingerprint density at radius 1 is 1.83 bits per heavy atom. The molecule has 0 aliphatic carbocycles. The van der Waals surface area contributed by atoms with Gasteiger partial charge >= 0.3 is 0 Å². The van der Waals surface area contributed by atoms with E-state index < -0.39 is 0 Å². The van der Waals surface area contributed by atoms with Gasteiger partial charge in [0.25, 0.3) is 0 Å². The van der Waals surface area contributed by atoms with Crippen molar-refractivity contribution in [2.75, 3.05) is 0 Å². The van der Waals surface area contributed by atoms with E-state index in [-0.39, 0.29) is 0 Å². The fraction of sp³-hybridized carbons (Fsp3) is 0.800. The zero-order chi connectivity index (χ0) is 4.99. The highest BCUT2D eigenvalue weighted by Crippen LogP contribution is 1.90. The molecule has 0 aromatic carbocycles. The third-order valence-corrected chi connectivity index (χ3v) is 0.845. The first-order chi connectivity index (χ1) is 2.81. The first-order valence-corrected chi connectivity index (χ1v) is 2.21. The molecule has 0 spiro atoms. The van der Waals surface area contributed by atoms with Gasteiger partial charge in [0.15, 0.2) is 0 Å². The summed E-state index contributed by atoms with van der Waals surface area (Å²) in [6, 6.07) is 0.338. The minimum Gasteiger partial charge on any atom is -0.289 e. The lowest BCUT2D eigenvalue weighted by molar-refractivity contribution is 0.722. The van der Waals surface area contributed by atoms with E-state index >= 15 is 0 Å². The average molecular weight is 84.1 g/mol. The molecule has 0 aliphatic rings. The van der Waals surface area contributed by atoms with Gasteiger partial charge in [0.05, 0.1) is 0 Å². The molecule has 0 aromatic rings. The summed E-state index contributed by atoms with van der Waals surface area (Å²) in [6.07, 6.45) is 1.04. The second-order valence-electron chi connectivity index (χ2n) is 1.41. The SMILES string of the molecule is [CH]=NC(C)CC. The van der Waals surface area contributed by atoms with E-state index in [0.717, 1.165) is 6.42 Å². The molecule has 0 bridgehead atoms. The normalized spacial score (nSPS) is 13.7. The first kappa shape index (κ1) is 5.67. The lowest BCUT2D eigenvalue weighted by Gasteiger charge is -1.93. The van der Waals surface area contributed by atoms with Crippen LogP contribution in [0.25, 0.3) is 0 Å². The lowest BCUT2D eigenvalue weighted by Crippen LogP contribution is -1.90. The molecule has 0 aliphatic heterocycles. The van der Waals surface area contributed by atoms with Gasteiger partial charge in [-0.2, -0.15) is 0 Å². The second-order valence-corrected chi connectivity index (χ2v) is 1.41. The molecule has 0 saturated heterocycles. The Morgan fingerprint density at radius 2 is 2.33 bits per heavy atom. The molecule has 0 amide bonds. The van der Waals surface area contributed by atoms with Gasteiger partial charge in [0.2, 0.25) is 0 Å². The molecule has 0 aromatic heterocycles. The van der Waals surface area contributed by atoms with Crippen LogP contribution in [0.2, 0.25) is 0 Å². The summed E-state index contributed by atoms with van der Waals surface area (Å²) in [5.41, 5.74) is 0. The molecule has 0 rings (SSSR count). The lowest BCUT2D eigenvalue weighted by atomic mass is 10.3. The Bertz CT molecular complexity index is 41.2. The topological polar surface area (TPSA) is 12.4 Å². The van der Waals surface area contributed by atoms with E-state index in [2.05, 4.69) is 11.9 Å². The van der Waals surface area contributed by atoms with E-state index in [1.165, 1.54) is 0 Å². The summed E-state index contributed by atoms with van der Waals surface area (Å²) in [7, 11) is 0. The van der Waals surface area contributed by atoms with Crippen molar-refractivity contribution < 1.29 is 0 Å². The number of rotatable bonds is 2. The van der Waals surface area contributed by atoms with E-state index in [9.17, 15) is 0 Å². The van der Waals surface area contributed by atoms with Crippen LogP contribution in [0.1, 0.15) is 20.3 Å². The van der Waals surface area contributed by atoms with E-state index in [4.69, 9.17) is 6.72 Å². The molecular formula is C5H10N. The summed E-state index contributed by atoms with van der Waals surface area (Å²) < 4.78 is 0. The summed E-state index contributed by atoms with van der Waals surface area (Å²) >= 11 is 0. The van der Waals surface area contributed by atoms with Crippen LogP contribution < -0.4 is 0 Å². The maximum absolute atomic E-state index is 4.91. The highest BCUT2D eigenvalue weighted by molar-refractivity contribution is 5.23. The minimum atomic E-state index is 0.338. The summed E-state index contributed by atoms with van der Waals surface area (Å²) in [4.78, 5) is 3.51. The summed E-state index contributed by atoms with van der Waals surface area (Å²) in [5.74, 6) is 0. The largest absolute Gasteiger partial charge is 0.289 e. The molecule has 1 atom stereocenters. The summed E-state index contributed by atoms with van der Waals surface area (Å²) in [6.45, 7) is 8.95. The molecule has 0 fully saturated rings. The van der Waals surface area contributed by atoms with Crippen molar-refractivity contribution in [1.29, 1.82) is 0 Å². The summed E-state index contributed by atoms with van der Waals surface area (Å²) in [5, 5.41) is 0. The first-order valence-electron chi connectivity index (χ1n) is 2.21. The van der Waals surface area contributed by atoms with Crippen molar-refractivity contribution in [2.45, 2.75) is 26.3 Å². The Labute approximate surface area is 39.1 Å². The number of nitrogens with zero attached hydrogens (tertiary/aromatic N) is 1. The van der Waals surface area contributed by atoms with E-state index in [1.54, 1.807) is 0 Å². The average Bonchev–Trinajstić information content (AvgIpc) is 1.65. The van der Waals surface area contributed by atoms with Gasteiger partial charge in [0.1, 0.15) is 0 Å². The Hall–Kier alpha value is -0.330.